The second-order valence-corrected chi connectivity index (χ2v) is 6.98. The lowest BCUT2D eigenvalue weighted by Gasteiger charge is -2.11. The summed E-state index contributed by atoms with van der Waals surface area (Å²) in [5.74, 6) is 0.705. The molecule has 5 rings (SSSR count). The van der Waals surface area contributed by atoms with Crippen LogP contribution in [-0.4, -0.2) is 19.9 Å². The van der Waals surface area contributed by atoms with Crippen molar-refractivity contribution in [3.05, 3.63) is 60.2 Å². The van der Waals surface area contributed by atoms with Gasteiger partial charge in [0.1, 0.15) is 11.6 Å². The van der Waals surface area contributed by atoms with E-state index in [9.17, 15) is 13.2 Å². The van der Waals surface area contributed by atoms with Crippen LogP contribution in [-0.2, 0) is 6.18 Å². The van der Waals surface area contributed by atoms with E-state index in [-0.39, 0.29) is 11.4 Å². The molecule has 0 atom stereocenters. The molecule has 0 aliphatic rings. The molecule has 6 nitrogen and oxygen atoms in total. The SMILES string of the molecule is Nc1ccc2nc(-c3ccc(C(F)(F)F)cc3-c3nc4ccc(N)cc4[nH]3)[nH]c2c1. The van der Waals surface area contributed by atoms with Crippen LogP contribution in [0.3, 0.4) is 0 Å². The van der Waals surface area contributed by atoms with Crippen LogP contribution >= 0.6 is 0 Å². The van der Waals surface area contributed by atoms with Gasteiger partial charge < -0.3 is 21.4 Å². The Morgan fingerprint density at radius 2 is 1.20 bits per heavy atom. The molecule has 2 aromatic heterocycles. The van der Waals surface area contributed by atoms with Crippen molar-refractivity contribution in [3.8, 4) is 22.8 Å². The molecule has 0 unspecified atom stereocenters. The van der Waals surface area contributed by atoms with Crippen LogP contribution in [0.2, 0.25) is 0 Å². The summed E-state index contributed by atoms with van der Waals surface area (Å²) in [6, 6.07) is 13.7. The zero-order valence-electron chi connectivity index (χ0n) is 15.4. The molecule has 0 radical (unpaired) electrons. The van der Waals surface area contributed by atoms with Crippen LogP contribution in [0.5, 0.6) is 0 Å². The number of fused-ring (bicyclic) bond motifs is 2. The smallest absolute Gasteiger partial charge is 0.399 e. The summed E-state index contributed by atoms with van der Waals surface area (Å²) >= 11 is 0. The van der Waals surface area contributed by atoms with Crippen LogP contribution in [0.1, 0.15) is 5.56 Å². The summed E-state index contributed by atoms with van der Waals surface area (Å²) in [7, 11) is 0. The van der Waals surface area contributed by atoms with Gasteiger partial charge in [-0.1, -0.05) is 0 Å². The van der Waals surface area contributed by atoms with Crippen molar-refractivity contribution in [1.82, 2.24) is 19.9 Å². The number of aromatic amines is 2. The maximum Gasteiger partial charge on any atom is 0.416 e. The van der Waals surface area contributed by atoms with Crippen molar-refractivity contribution in [2.45, 2.75) is 6.18 Å². The maximum absolute atomic E-state index is 13.4. The number of nitrogen functional groups attached to an aromatic ring is 2. The standard InChI is InChI=1S/C21H15F3N6/c22-21(23,24)10-1-4-13(19-27-15-5-2-11(25)8-17(15)29-19)14(7-10)20-28-16-6-3-12(26)9-18(16)30-20/h1-9H,25-26H2,(H,27,29)(H,28,30). The topological polar surface area (TPSA) is 109 Å². The van der Waals surface area contributed by atoms with E-state index in [1.54, 1.807) is 36.4 Å². The van der Waals surface area contributed by atoms with Gasteiger partial charge in [0.2, 0.25) is 0 Å². The predicted molar refractivity (Wildman–Crippen MR) is 110 cm³/mol. The number of nitrogens with zero attached hydrogens (tertiary/aromatic N) is 2. The molecule has 150 valence electrons. The Morgan fingerprint density at radius 3 is 1.73 bits per heavy atom. The Hall–Kier alpha value is -4.01. The molecule has 0 aliphatic heterocycles. The normalized spacial score (nSPS) is 12.1. The van der Waals surface area contributed by atoms with Gasteiger partial charge in [-0.2, -0.15) is 13.2 Å². The van der Waals surface area contributed by atoms with Crippen LogP contribution in [0.25, 0.3) is 44.8 Å². The Kier molecular flexibility index (Phi) is 3.76. The average Bonchev–Trinajstić information content (AvgIpc) is 3.29. The van der Waals surface area contributed by atoms with E-state index in [1.807, 2.05) is 0 Å². The number of anilines is 2. The first-order valence-electron chi connectivity index (χ1n) is 9.00. The van der Waals surface area contributed by atoms with E-state index in [2.05, 4.69) is 19.9 Å². The summed E-state index contributed by atoms with van der Waals surface area (Å²) in [4.78, 5) is 15.2. The minimum atomic E-state index is -4.49. The van der Waals surface area contributed by atoms with Crippen molar-refractivity contribution in [2.24, 2.45) is 0 Å². The fourth-order valence-electron chi connectivity index (χ4n) is 3.43. The number of imidazole rings is 2. The third-order valence-corrected chi connectivity index (χ3v) is 4.87. The highest BCUT2D eigenvalue weighted by atomic mass is 19.4. The van der Waals surface area contributed by atoms with Crippen molar-refractivity contribution < 1.29 is 13.2 Å². The number of hydrogen-bond acceptors (Lipinski definition) is 4. The highest BCUT2D eigenvalue weighted by Crippen LogP contribution is 2.37. The van der Waals surface area contributed by atoms with Crippen LogP contribution in [0, 0.1) is 0 Å². The Labute approximate surface area is 167 Å². The molecule has 3 aromatic carbocycles. The Morgan fingerprint density at radius 1 is 0.667 bits per heavy atom. The lowest BCUT2D eigenvalue weighted by atomic mass is 10.0. The Bertz CT molecular complexity index is 1410. The van der Waals surface area contributed by atoms with Crippen LogP contribution in [0.15, 0.2) is 54.6 Å². The second kappa shape index (κ2) is 6.24. The first kappa shape index (κ1) is 18.0. The molecule has 30 heavy (non-hydrogen) atoms. The molecule has 5 aromatic rings. The van der Waals surface area contributed by atoms with Crippen molar-refractivity contribution in [3.63, 3.8) is 0 Å². The molecular weight excluding hydrogens is 393 g/mol. The minimum absolute atomic E-state index is 0.270. The largest absolute Gasteiger partial charge is 0.416 e. The third kappa shape index (κ3) is 3.00. The van der Waals surface area contributed by atoms with Gasteiger partial charge >= 0.3 is 6.18 Å². The lowest BCUT2D eigenvalue weighted by molar-refractivity contribution is -0.137. The fraction of sp³-hybridized carbons (Fsp3) is 0.0476. The van der Waals surface area contributed by atoms with E-state index >= 15 is 0 Å². The quantitative estimate of drug-likeness (QED) is 0.310. The second-order valence-electron chi connectivity index (χ2n) is 6.98. The summed E-state index contributed by atoms with van der Waals surface area (Å²) in [5, 5.41) is 0. The molecule has 0 saturated carbocycles. The van der Waals surface area contributed by atoms with Gasteiger partial charge in [0.05, 0.1) is 27.6 Å². The Balaban J connectivity index is 1.75. The fourth-order valence-corrected chi connectivity index (χ4v) is 3.43. The molecule has 0 spiro atoms. The van der Waals surface area contributed by atoms with Crippen molar-refractivity contribution in [2.75, 3.05) is 11.5 Å². The maximum atomic E-state index is 13.4. The monoisotopic (exact) mass is 408 g/mol. The molecule has 0 saturated heterocycles. The number of benzene rings is 3. The van der Waals surface area contributed by atoms with E-state index in [1.165, 1.54) is 6.07 Å². The van der Waals surface area contributed by atoms with Gasteiger partial charge in [-0.25, -0.2) is 9.97 Å². The number of halogens is 3. The average molecular weight is 408 g/mol. The van der Waals surface area contributed by atoms with E-state index < -0.39 is 11.7 Å². The number of rotatable bonds is 2. The number of hydrogen-bond donors (Lipinski definition) is 4. The highest BCUT2D eigenvalue weighted by molar-refractivity contribution is 5.89. The molecule has 0 bridgehead atoms. The highest BCUT2D eigenvalue weighted by Gasteiger charge is 2.32. The minimum Gasteiger partial charge on any atom is -0.399 e. The summed E-state index contributed by atoms with van der Waals surface area (Å²) in [6.45, 7) is 0. The first-order chi connectivity index (χ1) is 14.3. The van der Waals surface area contributed by atoms with Gasteiger partial charge in [0, 0.05) is 22.5 Å². The molecular formula is C21H15F3N6. The lowest BCUT2D eigenvalue weighted by Crippen LogP contribution is -2.05. The predicted octanol–water partition coefficient (Wildman–Crippen LogP) is 4.96. The molecule has 6 N–H and O–H groups in total. The zero-order chi connectivity index (χ0) is 21.0. The number of alkyl halides is 3. The number of H-pyrrole nitrogens is 2. The molecule has 0 fully saturated rings. The molecule has 9 heteroatoms. The van der Waals surface area contributed by atoms with Gasteiger partial charge in [-0.15, -0.1) is 0 Å². The van der Waals surface area contributed by atoms with Crippen LogP contribution in [0.4, 0.5) is 24.5 Å². The number of nitrogens with one attached hydrogen (secondary N) is 2. The van der Waals surface area contributed by atoms with Crippen molar-refractivity contribution in [1.29, 1.82) is 0 Å². The van der Waals surface area contributed by atoms with Gasteiger partial charge in [0.15, 0.2) is 0 Å². The molecule has 2 heterocycles. The van der Waals surface area contributed by atoms with E-state index in [4.69, 9.17) is 11.5 Å². The molecule has 0 aliphatic carbocycles. The van der Waals surface area contributed by atoms with Crippen molar-refractivity contribution >= 4 is 33.4 Å². The third-order valence-electron chi connectivity index (χ3n) is 4.87. The number of nitrogens with two attached hydrogens (primary N) is 2. The summed E-state index contributed by atoms with van der Waals surface area (Å²) < 4.78 is 40.2. The van der Waals surface area contributed by atoms with Gasteiger partial charge in [-0.3, -0.25) is 0 Å². The summed E-state index contributed by atoms with van der Waals surface area (Å²) in [6.07, 6.45) is -4.49. The van der Waals surface area contributed by atoms with E-state index in [0.717, 1.165) is 12.1 Å². The van der Waals surface area contributed by atoms with Crippen LogP contribution < -0.4 is 11.5 Å². The summed E-state index contributed by atoms with van der Waals surface area (Å²) in [5.41, 5.74) is 15.2. The number of aromatic nitrogens is 4. The van der Waals surface area contributed by atoms with Gasteiger partial charge in [-0.05, 0) is 54.6 Å². The zero-order valence-corrected chi connectivity index (χ0v) is 15.4. The van der Waals surface area contributed by atoms with E-state index in [0.29, 0.717) is 44.8 Å². The van der Waals surface area contributed by atoms with Gasteiger partial charge in [0.25, 0.3) is 0 Å². The molecule has 0 amide bonds. The first-order valence-corrected chi connectivity index (χ1v) is 9.00.